The summed E-state index contributed by atoms with van der Waals surface area (Å²) in [5.41, 5.74) is 1.62. The first-order chi connectivity index (χ1) is 18.6. The van der Waals surface area contributed by atoms with Gasteiger partial charge in [0.1, 0.15) is 43.3 Å². The number of imide groups is 1. The fourth-order valence-electron chi connectivity index (χ4n) is 4.49. The number of hydrogen-bond acceptors (Lipinski definition) is 8. The highest BCUT2D eigenvalue weighted by atomic mass is 127. The van der Waals surface area contributed by atoms with Gasteiger partial charge in [-0.3, -0.25) is 4.57 Å². The Hall–Kier alpha value is -3.79. The van der Waals surface area contributed by atoms with Gasteiger partial charge in [-0.05, 0) is 89.6 Å². The van der Waals surface area contributed by atoms with E-state index in [4.69, 9.17) is 18.6 Å². The molecule has 0 bridgehead atoms. The Morgan fingerprint density at radius 3 is 2.17 bits per heavy atom. The molecular weight excluding hydrogens is 627 g/mol. The Bertz CT molecular complexity index is 1670. The van der Waals surface area contributed by atoms with E-state index in [-0.39, 0.29) is 11.4 Å². The minimum Gasteiger partial charge on any atom is -0.496 e. The van der Waals surface area contributed by atoms with Gasteiger partial charge in [0.25, 0.3) is 0 Å². The molecule has 11 heteroatoms. The number of halogens is 1. The zero-order chi connectivity index (χ0) is 29.7. The molecule has 0 spiro atoms. The molecule has 4 aromatic rings. The summed E-state index contributed by atoms with van der Waals surface area (Å²) in [5.74, 6) is 0.525. The summed E-state index contributed by atoms with van der Waals surface area (Å²) in [6.07, 6.45) is -0.501. The number of anilines is 1. The van der Waals surface area contributed by atoms with E-state index in [2.05, 4.69) is 11.1 Å². The smallest absolute Gasteiger partial charge is 0.425 e. The Kier molecular flexibility index (Phi) is 7.53. The molecule has 3 heterocycles. The number of ether oxygens (including phenoxy) is 3. The third-order valence-corrected chi connectivity index (χ3v) is 6.71. The number of carbonyl (C=O) groups is 2. The molecule has 0 saturated heterocycles. The minimum atomic E-state index is -1.00. The number of nitriles is 1. The number of pyridine rings is 1. The topological polar surface area (TPSA) is 120 Å². The second-order valence-electron chi connectivity index (χ2n) is 11.3. The van der Waals surface area contributed by atoms with Crippen LogP contribution in [0.25, 0.3) is 27.7 Å². The average molecular weight is 658 g/mol. The van der Waals surface area contributed by atoms with Crippen molar-refractivity contribution in [2.24, 2.45) is 0 Å². The van der Waals surface area contributed by atoms with Gasteiger partial charge in [0.15, 0.2) is 11.4 Å². The van der Waals surface area contributed by atoms with E-state index >= 15 is 0 Å². The molecular formula is C29H31IN4O6. The van der Waals surface area contributed by atoms with Crippen LogP contribution in [0.5, 0.6) is 5.75 Å². The second kappa shape index (κ2) is 10.3. The average Bonchev–Trinajstić information content (AvgIpc) is 3.40. The summed E-state index contributed by atoms with van der Waals surface area (Å²) in [7, 11) is 1.56. The van der Waals surface area contributed by atoms with Crippen LogP contribution < -0.4 is 9.64 Å². The molecule has 3 aromatic heterocycles. The number of rotatable bonds is 3. The molecule has 0 N–H and O–H groups in total. The maximum Gasteiger partial charge on any atom is 0.425 e. The van der Waals surface area contributed by atoms with Crippen molar-refractivity contribution in [2.45, 2.75) is 66.6 Å². The van der Waals surface area contributed by atoms with Crippen LogP contribution in [0.15, 0.2) is 28.9 Å². The zero-order valence-electron chi connectivity index (χ0n) is 23.9. The number of hydrogen-bond donors (Lipinski definition) is 0. The molecule has 40 heavy (non-hydrogen) atoms. The lowest BCUT2D eigenvalue weighted by molar-refractivity contribution is 0.0428. The highest BCUT2D eigenvalue weighted by molar-refractivity contribution is 14.1. The Labute approximate surface area is 245 Å². The summed E-state index contributed by atoms with van der Waals surface area (Å²) in [4.78, 5) is 33.0. The van der Waals surface area contributed by atoms with E-state index in [0.29, 0.717) is 42.7 Å². The molecule has 0 saturated carbocycles. The molecule has 4 rings (SSSR count). The minimum absolute atomic E-state index is 0.0311. The SMILES string of the molecule is COc1ccc(C)c(-n2c(N(C(=O)OC(C)(C)C)C(=O)OC(C)(C)C)c(C#N)c3c(I)nc4ccoc4c32)c1C. The number of carbonyl (C=O) groups excluding carboxylic acids is 2. The van der Waals surface area contributed by atoms with Gasteiger partial charge >= 0.3 is 12.2 Å². The molecule has 2 amide bonds. The van der Waals surface area contributed by atoms with Crippen molar-refractivity contribution >= 4 is 62.6 Å². The van der Waals surface area contributed by atoms with E-state index in [1.807, 2.05) is 48.6 Å². The number of aryl methyl sites for hydroxylation is 1. The molecule has 0 aliphatic heterocycles. The van der Waals surface area contributed by atoms with Crippen LogP contribution in [0.4, 0.5) is 15.4 Å². The molecule has 0 aliphatic carbocycles. The molecule has 10 nitrogen and oxygen atoms in total. The van der Waals surface area contributed by atoms with Crippen molar-refractivity contribution in [2.75, 3.05) is 12.0 Å². The number of amides is 2. The number of fused-ring (bicyclic) bond motifs is 3. The number of furan rings is 1. The largest absolute Gasteiger partial charge is 0.496 e. The first-order valence-electron chi connectivity index (χ1n) is 12.5. The van der Waals surface area contributed by atoms with E-state index in [9.17, 15) is 14.9 Å². The van der Waals surface area contributed by atoms with Gasteiger partial charge in [-0.15, -0.1) is 0 Å². The third kappa shape index (κ3) is 5.20. The highest BCUT2D eigenvalue weighted by Gasteiger charge is 2.40. The molecule has 210 valence electrons. The standard InChI is InChI=1S/C29H31IN4O6/c1-15-10-11-19(37-9)16(2)21(15)33-22-20(24(30)32-18-12-13-38-23(18)22)17(14-31)25(33)34(26(35)39-28(3,4)5)27(36)40-29(6,7)8/h10-13H,1-9H3. The van der Waals surface area contributed by atoms with Gasteiger partial charge in [-0.1, -0.05) is 6.07 Å². The number of aromatic nitrogens is 2. The Morgan fingerprint density at radius 1 is 1.05 bits per heavy atom. The van der Waals surface area contributed by atoms with Crippen LogP contribution in [0.3, 0.4) is 0 Å². The highest BCUT2D eigenvalue weighted by Crippen LogP contribution is 2.44. The van der Waals surface area contributed by atoms with Crippen molar-refractivity contribution in [3.05, 3.63) is 44.9 Å². The van der Waals surface area contributed by atoms with Gasteiger partial charge < -0.3 is 18.6 Å². The number of benzene rings is 1. The van der Waals surface area contributed by atoms with Crippen LogP contribution >= 0.6 is 22.6 Å². The van der Waals surface area contributed by atoms with Crippen molar-refractivity contribution in [1.82, 2.24) is 9.55 Å². The van der Waals surface area contributed by atoms with E-state index in [1.54, 1.807) is 59.3 Å². The summed E-state index contributed by atoms with van der Waals surface area (Å²) >= 11 is 2.04. The maximum atomic E-state index is 13.8. The molecule has 0 fully saturated rings. The predicted molar refractivity (Wildman–Crippen MR) is 159 cm³/mol. The summed E-state index contributed by atoms with van der Waals surface area (Å²) < 4.78 is 25.0. The summed E-state index contributed by atoms with van der Waals surface area (Å²) in [6, 6.07) is 7.62. The van der Waals surface area contributed by atoms with Crippen LogP contribution in [-0.4, -0.2) is 40.0 Å². The van der Waals surface area contributed by atoms with Crippen molar-refractivity contribution in [3.8, 4) is 17.5 Å². The van der Waals surface area contributed by atoms with E-state index in [0.717, 1.165) is 10.5 Å². The zero-order valence-corrected chi connectivity index (χ0v) is 26.1. The van der Waals surface area contributed by atoms with Crippen molar-refractivity contribution < 1.29 is 28.2 Å². The molecule has 0 radical (unpaired) electrons. The summed E-state index contributed by atoms with van der Waals surface area (Å²) in [6.45, 7) is 13.9. The Morgan fingerprint density at radius 2 is 1.65 bits per heavy atom. The number of methoxy groups -OCH3 is 1. The van der Waals surface area contributed by atoms with Gasteiger partial charge in [0.05, 0.1) is 24.4 Å². The van der Waals surface area contributed by atoms with Gasteiger partial charge in [0.2, 0.25) is 0 Å². The van der Waals surface area contributed by atoms with E-state index < -0.39 is 23.4 Å². The third-order valence-electron chi connectivity index (χ3n) is 5.93. The summed E-state index contributed by atoms with van der Waals surface area (Å²) in [5, 5.41) is 11.0. The molecule has 1 aromatic carbocycles. The van der Waals surface area contributed by atoms with Crippen LogP contribution in [0.2, 0.25) is 0 Å². The van der Waals surface area contributed by atoms with Crippen LogP contribution in [0, 0.1) is 28.9 Å². The fourth-order valence-corrected chi connectivity index (χ4v) is 5.27. The van der Waals surface area contributed by atoms with Crippen molar-refractivity contribution in [3.63, 3.8) is 0 Å². The molecule has 0 unspecified atom stereocenters. The van der Waals surface area contributed by atoms with Gasteiger partial charge in [0, 0.05) is 11.6 Å². The second-order valence-corrected chi connectivity index (χ2v) is 12.3. The number of nitrogens with zero attached hydrogens (tertiary/aromatic N) is 4. The maximum absolute atomic E-state index is 13.8. The normalized spacial score (nSPS) is 11.9. The van der Waals surface area contributed by atoms with Crippen LogP contribution in [-0.2, 0) is 9.47 Å². The molecule has 0 aliphatic rings. The first kappa shape index (κ1) is 29.2. The van der Waals surface area contributed by atoms with Gasteiger partial charge in [-0.25, -0.2) is 14.6 Å². The predicted octanol–water partition coefficient (Wildman–Crippen LogP) is 7.55. The lowest BCUT2D eigenvalue weighted by atomic mass is 10.1. The molecule has 0 atom stereocenters. The lowest BCUT2D eigenvalue weighted by Crippen LogP contribution is -2.45. The van der Waals surface area contributed by atoms with Crippen LogP contribution in [0.1, 0.15) is 58.2 Å². The first-order valence-corrected chi connectivity index (χ1v) is 13.6. The van der Waals surface area contributed by atoms with Gasteiger partial charge in [-0.2, -0.15) is 10.2 Å². The monoisotopic (exact) mass is 658 g/mol. The van der Waals surface area contributed by atoms with Crippen molar-refractivity contribution in [1.29, 1.82) is 5.26 Å². The quantitative estimate of drug-likeness (QED) is 0.164. The fraction of sp³-hybridized carbons (Fsp3) is 0.379. The Balaban J connectivity index is 2.27. The lowest BCUT2D eigenvalue weighted by Gasteiger charge is -2.30. The van der Waals surface area contributed by atoms with E-state index in [1.165, 1.54) is 6.26 Å².